The summed E-state index contributed by atoms with van der Waals surface area (Å²) in [7, 11) is 1.97. The molecular formula is C9H18ClN. The Hall–Kier alpha value is -0.270. The van der Waals surface area contributed by atoms with E-state index in [9.17, 15) is 0 Å². The lowest BCUT2D eigenvalue weighted by molar-refractivity contribution is 0.394. The molecule has 0 aromatic rings. The second-order valence-electron chi connectivity index (χ2n) is 2.80. The summed E-state index contributed by atoms with van der Waals surface area (Å²) in [6, 6.07) is 0. The van der Waals surface area contributed by atoms with Gasteiger partial charge >= 0.3 is 0 Å². The van der Waals surface area contributed by atoms with Gasteiger partial charge in [0, 0.05) is 5.54 Å². The molecule has 0 aliphatic carbocycles. The lowest BCUT2D eigenvalue weighted by Crippen LogP contribution is -2.38. The SMILES string of the molecule is C=CCC(C)(CC=C)NC.Cl. The van der Waals surface area contributed by atoms with Gasteiger partial charge in [0.2, 0.25) is 0 Å². The third kappa shape index (κ3) is 5.05. The molecule has 0 aliphatic heterocycles. The maximum absolute atomic E-state index is 3.70. The fourth-order valence-corrected chi connectivity index (χ4v) is 0.925. The molecule has 0 unspecified atom stereocenters. The first-order valence-electron chi connectivity index (χ1n) is 3.59. The Balaban J connectivity index is 0. The fourth-order valence-electron chi connectivity index (χ4n) is 0.925. The highest BCUT2D eigenvalue weighted by atomic mass is 35.5. The van der Waals surface area contributed by atoms with Gasteiger partial charge < -0.3 is 5.32 Å². The van der Waals surface area contributed by atoms with Gasteiger partial charge in [0.05, 0.1) is 0 Å². The van der Waals surface area contributed by atoms with E-state index in [1.165, 1.54) is 0 Å². The number of halogens is 1. The summed E-state index contributed by atoms with van der Waals surface area (Å²) in [6.07, 6.45) is 5.82. The predicted octanol–water partition coefficient (Wildman–Crippen LogP) is 2.54. The van der Waals surface area contributed by atoms with Crippen LogP contribution in [0.5, 0.6) is 0 Å². The average molecular weight is 176 g/mol. The van der Waals surface area contributed by atoms with Crippen LogP contribution < -0.4 is 5.32 Å². The number of hydrogen-bond acceptors (Lipinski definition) is 1. The van der Waals surface area contributed by atoms with Crippen molar-refractivity contribution in [1.29, 1.82) is 0 Å². The number of nitrogens with one attached hydrogen (secondary N) is 1. The van der Waals surface area contributed by atoms with Gasteiger partial charge in [0.1, 0.15) is 0 Å². The van der Waals surface area contributed by atoms with Gasteiger partial charge in [0.15, 0.2) is 0 Å². The van der Waals surface area contributed by atoms with E-state index < -0.39 is 0 Å². The molecule has 0 aromatic carbocycles. The summed E-state index contributed by atoms with van der Waals surface area (Å²) >= 11 is 0. The number of rotatable bonds is 5. The molecule has 0 heterocycles. The van der Waals surface area contributed by atoms with Crippen LogP contribution in [0, 0.1) is 0 Å². The molecule has 0 fully saturated rings. The molecule has 0 radical (unpaired) electrons. The van der Waals surface area contributed by atoms with Crippen LogP contribution in [0.15, 0.2) is 25.3 Å². The Bertz CT molecular complexity index is 111. The van der Waals surface area contributed by atoms with Crippen LogP contribution >= 0.6 is 12.4 Å². The largest absolute Gasteiger partial charge is 0.314 e. The smallest absolute Gasteiger partial charge is 0.0218 e. The molecule has 0 aliphatic rings. The molecule has 0 saturated carbocycles. The number of hydrogen-bond donors (Lipinski definition) is 1. The highest BCUT2D eigenvalue weighted by molar-refractivity contribution is 5.85. The normalized spacial score (nSPS) is 10.0. The molecule has 1 nitrogen and oxygen atoms in total. The second-order valence-corrected chi connectivity index (χ2v) is 2.80. The minimum absolute atomic E-state index is 0. The van der Waals surface area contributed by atoms with Crippen molar-refractivity contribution in [3.8, 4) is 0 Å². The minimum Gasteiger partial charge on any atom is -0.314 e. The molecule has 0 atom stereocenters. The van der Waals surface area contributed by atoms with Crippen molar-refractivity contribution in [2.45, 2.75) is 25.3 Å². The first-order chi connectivity index (χ1) is 4.68. The topological polar surface area (TPSA) is 12.0 Å². The van der Waals surface area contributed by atoms with Crippen molar-refractivity contribution < 1.29 is 0 Å². The summed E-state index contributed by atoms with van der Waals surface area (Å²) in [5.74, 6) is 0. The van der Waals surface area contributed by atoms with Crippen molar-refractivity contribution in [2.24, 2.45) is 0 Å². The van der Waals surface area contributed by atoms with Gasteiger partial charge in [-0.1, -0.05) is 12.2 Å². The van der Waals surface area contributed by atoms with Gasteiger partial charge in [-0.2, -0.15) is 0 Å². The van der Waals surface area contributed by atoms with Crippen molar-refractivity contribution in [3.05, 3.63) is 25.3 Å². The minimum atomic E-state index is 0. The van der Waals surface area contributed by atoms with Crippen LogP contribution in [0.4, 0.5) is 0 Å². The van der Waals surface area contributed by atoms with E-state index in [1.54, 1.807) is 0 Å². The summed E-state index contributed by atoms with van der Waals surface area (Å²) in [4.78, 5) is 0. The fraction of sp³-hybridized carbons (Fsp3) is 0.556. The van der Waals surface area contributed by atoms with Crippen LogP contribution in [0.25, 0.3) is 0 Å². The van der Waals surface area contributed by atoms with E-state index in [-0.39, 0.29) is 17.9 Å². The highest BCUT2D eigenvalue weighted by Crippen LogP contribution is 2.14. The summed E-state index contributed by atoms with van der Waals surface area (Å²) in [5.41, 5.74) is 0.156. The third-order valence-electron chi connectivity index (χ3n) is 1.79. The van der Waals surface area contributed by atoms with Crippen molar-refractivity contribution >= 4 is 12.4 Å². The molecule has 2 heteroatoms. The lowest BCUT2D eigenvalue weighted by Gasteiger charge is -2.26. The molecule has 1 N–H and O–H groups in total. The van der Waals surface area contributed by atoms with Gasteiger partial charge in [-0.25, -0.2) is 0 Å². The van der Waals surface area contributed by atoms with Crippen molar-refractivity contribution in [1.82, 2.24) is 5.32 Å². The van der Waals surface area contributed by atoms with Crippen LogP contribution in [-0.2, 0) is 0 Å². The Labute approximate surface area is 76.0 Å². The quantitative estimate of drug-likeness (QED) is 0.634. The zero-order chi connectivity index (χ0) is 8.04. The van der Waals surface area contributed by atoms with Gasteiger partial charge in [-0.15, -0.1) is 25.6 Å². The van der Waals surface area contributed by atoms with Gasteiger partial charge in [-0.05, 0) is 26.8 Å². The predicted molar refractivity (Wildman–Crippen MR) is 54.3 cm³/mol. The standard InChI is InChI=1S/C9H17N.ClH/c1-5-7-9(3,10-4)8-6-2;/h5-6,10H,1-2,7-8H2,3-4H3;1H. The zero-order valence-electron chi connectivity index (χ0n) is 7.39. The second kappa shape index (κ2) is 6.44. The van der Waals surface area contributed by atoms with E-state index in [0.717, 1.165) is 12.8 Å². The maximum atomic E-state index is 3.70. The Morgan fingerprint density at radius 1 is 1.27 bits per heavy atom. The molecule has 0 bridgehead atoms. The molecule has 66 valence electrons. The highest BCUT2D eigenvalue weighted by Gasteiger charge is 2.16. The summed E-state index contributed by atoms with van der Waals surface area (Å²) in [6.45, 7) is 9.57. The molecule has 0 spiro atoms. The zero-order valence-corrected chi connectivity index (χ0v) is 8.21. The third-order valence-corrected chi connectivity index (χ3v) is 1.79. The molecule has 0 amide bonds. The van der Waals surface area contributed by atoms with Crippen molar-refractivity contribution in [3.63, 3.8) is 0 Å². The first kappa shape index (κ1) is 13.3. The molecule has 0 aromatic heterocycles. The Kier molecular flexibility index (Phi) is 7.80. The monoisotopic (exact) mass is 175 g/mol. The van der Waals surface area contributed by atoms with E-state index in [2.05, 4.69) is 25.4 Å². The first-order valence-corrected chi connectivity index (χ1v) is 3.59. The van der Waals surface area contributed by atoms with E-state index in [0.29, 0.717) is 0 Å². The molecule has 0 rings (SSSR count). The molecule has 0 saturated heterocycles. The van der Waals surface area contributed by atoms with Crippen molar-refractivity contribution in [2.75, 3.05) is 7.05 Å². The van der Waals surface area contributed by atoms with Gasteiger partial charge in [0.25, 0.3) is 0 Å². The van der Waals surface area contributed by atoms with E-state index >= 15 is 0 Å². The van der Waals surface area contributed by atoms with Crippen LogP contribution in [0.3, 0.4) is 0 Å². The van der Waals surface area contributed by atoms with E-state index in [4.69, 9.17) is 0 Å². The van der Waals surface area contributed by atoms with Crippen LogP contribution in [0.2, 0.25) is 0 Å². The average Bonchev–Trinajstić information content (AvgIpc) is 1.89. The van der Waals surface area contributed by atoms with E-state index in [1.807, 2.05) is 19.2 Å². The van der Waals surface area contributed by atoms with Crippen LogP contribution in [0.1, 0.15) is 19.8 Å². The summed E-state index contributed by atoms with van der Waals surface area (Å²) < 4.78 is 0. The lowest BCUT2D eigenvalue weighted by atomic mass is 9.94. The van der Waals surface area contributed by atoms with Crippen LogP contribution in [-0.4, -0.2) is 12.6 Å². The van der Waals surface area contributed by atoms with Gasteiger partial charge in [-0.3, -0.25) is 0 Å². The molecule has 11 heavy (non-hydrogen) atoms. The summed E-state index contributed by atoms with van der Waals surface area (Å²) in [5, 5.41) is 3.24. The Morgan fingerprint density at radius 2 is 1.64 bits per heavy atom. The molecular weight excluding hydrogens is 158 g/mol. The Morgan fingerprint density at radius 3 is 1.82 bits per heavy atom. The maximum Gasteiger partial charge on any atom is 0.0218 e.